The van der Waals surface area contributed by atoms with E-state index in [9.17, 15) is 14.0 Å². The Morgan fingerprint density at radius 3 is 2.53 bits per heavy atom. The monoisotopic (exact) mass is 490 g/mol. The summed E-state index contributed by atoms with van der Waals surface area (Å²) in [4.78, 5) is 33.4. The van der Waals surface area contributed by atoms with E-state index < -0.39 is 11.7 Å². The summed E-state index contributed by atoms with van der Waals surface area (Å²) in [6.45, 7) is 2.92. The number of likely N-dealkylation sites (N-methyl/N-ethyl adjacent to an activating group) is 1. The van der Waals surface area contributed by atoms with Gasteiger partial charge in [-0.15, -0.1) is 0 Å². The minimum atomic E-state index is -0.571. The number of benzene rings is 2. The Labute approximate surface area is 209 Å². The minimum Gasteiger partial charge on any atom is -0.495 e. The number of rotatable bonds is 7. The zero-order chi connectivity index (χ0) is 25.5. The van der Waals surface area contributed by atoms with E-state index in [0.717, 1.165) is 13.1 Å². The van der Waals surface area contributed by atoms with E-state index >= 15 is 0 Å². The first-order valence-corrected chi connectivity index (χ1v) is 11.5. The van der Waals surface area contributed by atoms with Gasteiger partial charge in [-0.1, -0.05) is 6.07 Å². The number of carbonyl (C=O) groups is 2. The van der Waals surface area contributed by atoms with Crippen LogP contribution in [0.5, 0.6) is 17.2 Å². The standard InChI is InChI=1S/C27H27FN4O4/c1-31-12-14-32(15-13-31)27(34)20-7-9-25(35-2)23(17-20)30-26(33)10-6-19-5-8-24(22(28)16-19)36-21-4-3-11-29-18-21/h3-11,16-18H,12-15H2,1-2H3,(H,30,33)/b10-6+. The molecular weight excluding hydrogens is 463 g/mol. The second kappa shape index (κ2) is 11.5. The van der Waals surface area contributed by atoms with Gasteiger partial charge in [-0.05, 0) is 61.2 Å². The van der Waals surface area contributed by atoms with Crippen LogP contribution in [0.1, 0.15) is 15.9 Å². The van der Waals surface area contributed by atoms with Gasteiger partial charge in [0, 0.05) is 44.0 Å². The number of hydrogen-bond acceptors (Lipinski definition) is 6. The summed E-state index contributed by atoms with van der Waals surface area (Å²) < 4.78 is 25.3. The highest BCUT2D eigenvalue weighted by Gasteiger charge is 2.21. The van der Waals surface area contributed by atoms with Gasteiger partial charge in [-0.25, -0.2) is 4.39 Å². The summed E-state index contributed by atoms with van der Waals surface area (Å²) in [6.07, 6.45) is 5.85. The van der Waals surface area contributed by atoms with E-state index in [1.807, 2.05) is 7.05 Å². The Bertz CT molecular complexity index is 1260. The van der Waals surface area contributed by atoms with E-state index in [2.05, 4.69) is 15.2 Å². The highest BCUT2D eigenvalue weighted by atomic mass is 19.1. The lowest BCUT2D eigenvalue weighted by atomic mass is 10.1. The van der Waals surface area contributed by atoms with Crippen molar-refractivity contribution < 1.29 is 23.5 Å². The van der Waals surface area contributed by atoms with Crippen molar-refractivity contribution in [3.05, 3.63) is 83.9 Å². The SMILES string of the molecule is COc1ccc(C(=O)N2CCN(C)CC2)cc1NC(=O)/C=C/c1ccc(Oc2cccnc2)c(F)c1. The number of ether oxygens (including phenoxy) is 2. The van der Waals surface area contributed by atoms with Crippen LogP contribution < -0.4 is 14.8 Å². The molecule has 0 aliphatic carbocycles. The topological polar surface area (TPSA) is 84.0 Å². The lowest BCUT2D eigenvalue weighted by molar-refractivity contribution is -0.111. The van der Waals surface area contributed by atoms with Gasteiger partial charge in [-0.3, -0.25) is 14.6 Å². The Morgan fingerprint density at radius 1 is 1.06 bits per heavy atom. The van der Waals surface area contributed by atoms with Crippen molar-refractivity contribution in [2.45, 2.75) is 0 Å². The maximum Gasteiger partial charge on any atom is 0.254 e. The Balaban J connectivity index is 1.42. The third-order valence-electron chi connectivity index (χ3n) is 5.74. The normalized spacial score (nSPS) is 14.0. The summed E-state index contributed by atoms with van der Waals surface area (Å²) in [5.41, 5.74) is 1.32. The van der Waals surface area contributed by atoms with Gasteiger partial charge in [-0.2, -0.15) is 0 Å². The summed E-state index contributed by atoms with van der Waals surface area (Å²) in [7, 11) is 3.51. The molecule has 1 aliphatic heterocycles. The Kier molecular flexibility index (Phi) is 7.92. The number of carbonyl (C=O) groups excluding carboxylic acids is 2. The summed E-state index contributed by atoms with van der Waals surface area (Å²) >= 11 is 0. The molecule has 0 unspecified atom stereocenters. The van der Waals surface area contributed by atoms with Crippen molar-refractivity contribution in [3.8, 4) is 17.2 Å². The molecule has 9 heteroatoms. The number of amides is 2. The van der Waals surface area contributed by atoms with Crippen LogP contribution in [0.15, 0.2) is 67.0 Å². The van der Waals surface area contributed by atoms with Gasteiger partial charge in [0.25, 0.3) is 5.91 Å². The van der Waals surface area contributed by atoms with Crippen molar-refractivity contribution in [2.24, 2.45) is 0 Å². The molecule has 2 amide bonds. The molecule has 0 bridgehead atoms. The molecule has 1 fully saturated rings. The van der Waals surface area contributed by atoms with Crippen LogP contribution in [0.4, 0.5) is 10.1 Å². The van der Waals surface area contributed by atoms with Crippen LogP contribution in [0.2, 0.25) is 0 Å². The first-order valence-electron chi connectivity index (χ1n) is 11.5. The Morgan fingerprint density at radius 2 is 1.83 bits per heavy atom. The van der Waals surface area contributed by atoms with E-state index in [0.29, 0.717) is 41.4 Å². The number of halogens is 1. The summed E-state index contributed by atoms with van der Waals surface area (Å²) in [5, 5.41) is 2.74. The van der Waals surface area contributed by atoms with E-state index in [-0.39, 0.29) is 11.7 Å². The molecule has 186 valence electrons. The molecule has 1 aromatic heterocycles. The fourth-order valence-corrected chi connectivity index (χ4v) is 3.72. The fraction of sp³-hybridized carbons (Fsp3) is 0.222. The Hall–Kier alpha value is -4.24. The molecule has 0 atom stereocenters. The van der Waals surface area contributed by atoms with Crippen molar-refractivity contribution >= 4 is 23.6 Å². The molecule has 2 heterocycles. The summed E-state index contributed by atoms with van der Waals surface area (Å²) in [5.74, 6) is -0.222. The zero-order valence-electron chi connectivity index (χ0n) is 20.1. The average Bonchev–Trinajstić information content (AvgIpc) is 2.89. The van der Waals surface area contributed by atoms with Crippen LogP contribution in [0.25, 0.3) is 6.08 Å². The van der Waals surface area contributed by atoms with E-state index in [1.165, 1.54) is 37.6 Å². The predicted molar refractivity (Wildman–Crippen MR) is 135 cm³/mol. The number of anilines is 1. The molecular formula is C27H27FN4O4. The first kappa shape index (κ1) is 24.9. The molecule has 3 aromatic rings. The molecule has 36 heavy (non-hydrogen) atoms. The number of methoxy groups -OCH3 is 1. The third-order valence-corrected chi connectivity index (χ3v) is 5.74. The highest BCUT2D eigenvalue weighted by molar-refractivity contribution is 6.04. The molecule has 1 aliphatic rings. The van der Waals surface area contributed by atoms with Crippen molar-refractivity contribution in [1.82, 2.24) is 14.8 Å². The third kappa shape index (κ3) is 6.25. The highest BCUT2D eigenvalue weighted by Crippen LogP contribution is 2.27. The lowest BCUT2D eigenvalue weighted by Gasteiger charge is -2.32. The minimum absolute atomic E-state index is 0.0520. The van der Waals surface area contributed by atoms with E-state index in [4.69, 9.17) is 9.47 Å². The molecule has 2 aromatic carbocycles. The molecule has 8 nitrogen and oxygen atoms in total. The van der Waals surface area contributed by atoms with Gasteiger partial charge in [0.05, 0.1) is 19.0 Å². The number of piperazine rings is 1. The van der Waals surface area contributed by atoms with Gasteiger partial charge < -0.3 is 24.6 Å². The number of nitrogens with one attached hydrogen (secondary N) is 1. The quantitative estimate of drug-likeness (QED) is 0.503. The number of pyridine rings is 1. The van der Waals surface area contributed by atoms with Crippen LogP contribution in [-0.4, -0.2) is 66.9 Å². The van der Waals surface area contributed by atoms with Gasteiger partial charge in [0.2, 0.25) is 5.91 Å². The number of aromatic nitrogens is 1. The zero-order valence-corrected chi connectivity index (χ0v) is 20.1. The van der Waals surface area contributed by atoms with Crippen molar-refractivity contribution in [1.29, 1.82) is 0 Å². The second-order valence-electron chi connectivity index (χ2n) is 8.31. The maximum atomic E-state index is 14.5. The van der Waals surface area contributed by atoms with Crippen LogP contribution in [0, 0.1) is 5.82 Å². The van der Waals surface area contributed by atoms with Crippen LogP contribution in [-0.2, 0) is 4.79 Å². The lowest BCUT2D eigenvalue weighted by Crippen LogP contribution is -2.47. The van der Waals surface area contributed by atoms with Gasteiger partial charge >= 0.3 is 0 Å². The molecule has 0 radical (unpaired) electrons. The smallest absolute Gasteiger partial charge is 0.254 e. The predicted octanol–water partition coefficient (Wildman–Crippen LogP) is 4.06. The second-order valence-corrected chi connectivity index (χ2v) is 8.31. The largest absolute Gasteiger partial charge is 0.495 e. The molecule has 1 saturated heterocycles. The first-order chi connectivity index (χ1) is 17.4. The molecule has 1 N–H and O–H groups in total. The number of hydrogen-bond donors (Lipinski definition) is 1. The van der Waals surface area contributed by atoms with Crippen LogP contribution >= 0.6 is 0 Å². The van der Waals surface area contributed by atoms with Crippen molar-refractivity contribution in [2.75, 3.05) is 45.7 Å². The average molecular weight is 491 g/mol. The summed E-state index contributed by atoms with van der Waals surface area (Å²) in [6, 6.07) is 12.7. The molecule has 0 saturated carbocycles. The van der Waals surface area contributed by atoms with Crippen molar-refractivity contribution in [3.63, 3.8) is 0 Å². The van der Waals surface area contributed by atoms with Gasteiger partial charge in [0.15, 0.2) is 11.6 Å². The fourth-order valence-electron chi connectivity index (χ4n) is 3.72. The number of nitrogens with zero attached hydrogens (tertiary/aromatic N) is 3. The maximum absolute atomic E-state index is 14.5. The molecule has 4 rings (SSSR count). The van der Waals surface area contributed by atoms with Gasteiger partial charge in [0.1, 0.15) is 11.5 Å². The van der Waals surface area contributed by atoms with E-state index in [1.54, 1.807) is 47.5 Å². The molecule has 0 spiro atoms. The van der Waals surface area contributed by atoms with Crippen LogP contribution in [0.3, 0.4) is 0 Å².